The minimum Gasteiger partial charge on any atom is -0.370 e. The monoisotopic (exact) mass is 342 g/mol. The van der Waals surface area contributed by atoms with Gasteiger partial charge >= 0.3 is 0 Å². The molecule has 1 aromatic carbocycles. The van der Waals surface area contributed by atoms with Crippen LogP contribution in [0.4, 0.5) is 0 Å². The van der Waals surface area contributed by atoms with Gasteiger partial charge in [0.25, 0.3) is 5.91 Å². The molecule has 3 rings (SSSR count). The lowest BCUT2D eigenvalue weighted by Crippen LogP contribution is -2.38. The molecule has 1 aromatic rings. The van der Waals surface area contributed by atoms with E-state index in [-0.39, 0.29) is 5.91 Å². The van der Waals surface area contributed by atoms with E-state index >= 15 is 0 Å². The molecule has 2 heterocycles. The topological polar surface area (TPSA) is 61.9 Å². The maximum atomic E-state index is 12.5. The predicted molar refractivity (Wildman–Crippen MR) is 102 cm³/mol. The summed E-state index contributed by atoms with van der Waals surface area (Å²) in [4.78, 5) is 21.2. The highest BCUT2D eigenvalue weighted by Crippen LogP contribution is 2.14. The summed E-state index contributed by atoms with van der Waals surface area (Å²) in [6.07, 6.45) is 8.45. The van der Waals surface area contributed by atoms with Gasteiger partial charge in [0.1, 0.15) is 0 Å². The number of aliphatic imine (C=N–C) groups is 1. The normalized spacial score (nSPS) is 19.6. The second kappa shape index (κ2) is 8.88. The lowest BCUT2D eigenvalue weighted by Gasteiger charge is -2.26. The van der Waals surface area contributed by atoms with Gasteiger partial charge in [-0.25, -0.2) is 4.99 Å². The molecule has 2 aliphatic rings. The van der Waals surface area contributed by atoms with E-state index in [9.17, 15) is 4.79 Å². The average Bonchev–Trinajstić information content (AvgIpc) is 2.96. The molecule has 2 aliphatic heterocycles. The van der Waals surface area contributed by atoms with Gasteiger partial charge in [-0.05, 0) is 49.8 Å². The molecule has 0 aliphatic carbocycles. The standard InChI is InChI=1S/C20H30N4O/c21-20(24-14-4-1-2-5-15-24)22-16-17-8-10-18(11-9-17)19(25)23-12-6-3-7-13-23/h8-11H,1-7,12-16H2,(H2,21,22). The van der Waals surface area contributed by atoms with E-state index in [1.165, 1.54) is 32.1 Å². The van der Waals surface area contributed by atoms with Crippen molar-refractivity contribution >= 4 is 11.9 Å². The smallest absolute Gasteiger partial charge is 0.253 e. The average molecular weight is 342 g/mol. The van der Waals surface area contributed by atoms with Crippen LogP contribution in [0.3, 0.4) is 0 Å². The van der Waals surface area contributed by atoms with E-state index in [0.717, 1.165) is 50.1 Å². The molecule has 0 saturated carbocycles. The molecule has 25 heavy (non-hydrogen) atoms. The molecular weight excluding hydrogens is 312 g/mol. The third-order valence-electron chi connectivity index (χ3n) is 5.20. The molecule has 0 bridgehead atoms. The van der Waals surface area contributed by atoms with Crippen LogP contribution in [-0.4, -0.2) is 47.8 Å². The molecule has 136 valence electrons. The lowest BCUT2D eigenvalue weighted by atomic mass is 10.1. The zero-order valence-corrected chi connectivity index (χ0v) is 15.1. The van der Waals surface area contributed by atoms with Crippen LogP contribution < -0.4 is 5.73 Å². The second-order valence-corrected chi connectivity index (χ2v) is 7.13. The molecule has 0 unspecified atom stereocenters. The van der Waals surface area contributed by atoms with Crippen LogP contribution in [0.2, 0.25) is 0 Å². The number of hydrogen-bond acceptors (Lipinski definition) is 2. The van der Waals surface area contributed by atoms with Gasteiger partial charge in [0.15, 0.2) is 5.96 Å². The van der Waals surface area contributed by atoms with Crippen molar-refractivity contribution in [3.05, 3.63) is 35.4 Å². The number of guanidine groups is 1. The molecule has 2 saturated heterocycles. The number of carbonyl (C=O) groups excluding carboxylic acids is 1. The highest BCUT2D eigenvalue weighted by molar-refractivity contribution is 5.94. The van der Waals surface area contributed by atoms with Crippen molar-refractivity contribution < 1.29 is 4.79 Å². The number of hydrogen-bond donors (Lipinski definition) is 1. The number of benzene rings is 1. The van der Waals surface area contributed by atoms with Crippen LogP contribution in [0.5, 0.6) is 0 Å². The highest BCUT2D eigenvalue weighted by atomic mass is 16.2. The Bertz CT molecular complexity index is 582. The zero-order chi connectivity index (χ0) is 17.5. The van der Waals surface area contributed by atoms with Gasteiger partial charge in [-0.2, -0.15) is 0 Å². The molecule has 0 radical (unpaired) electrons. The van der Waals surface area contributed by atoms with Crippen LogP contribution >= 0.6 is 0 Å². The fraction of sp³-hybridized carbons (Fsp3) is 0.600. The summed E-state index contributed by atoms with van der Waals surface area (Å²) in [5.41, 5.74) is 8.02. The van der Waals surface area contributed by atoms with Crippen LogP contribution in [0.15, 0.2) is 29.3 Å². The molecule has 1 amide bonds. The first-order chi connectivity index (χ1) is 12.2. The van der Waals surface area contributed by atoms with Crippen LogP contribution in [0.1, 0.15) is 60.9 Å². The van der Waals surface area contributed by atoms with E-state index in [1.54, 1.807) is 0 Å². The second-order valence-electron chi connectivity index (χ2n) is 7.13. The number of carbonyl (C=O) groups is 1. The number of piperidine rings is 1. The molecule has 0 aromatic heterocycles. The maximum Gasteiger partial charge on any atom is 0.253 e. The fourth-order valence-electron chi connectivity index (χ4n) is 3.60. The summed E-state index contributed by atoms with van der Waals surface area (Å²) in [5.74, 6) is 0.800. The Morgan fingerprint density at radius 2 is 1.36 bits per heavy atom. The SMILES string of the molecule is NC(=NCc1ccc(C(=O)N2CCCCC2)cc1)N1CCCCCC1. The van der Waals surface area contributed by atoms with E-state index in [2.05, 4.69) is 9.89 Å². The molecule has 5 nitrogen and oxygen atoms in total. The minimum atomic E-state index is 0.152. The third-order valence-corrected chi connectivity index (χ3v) is 5.20. The summed E-state index contributed by atoms with van der Waals surface area (Å²) in [7, 11) is 0. The van der Waals surface area contributed by atoms with Gasteiger partial charge in [-0.3, -0.25) is 4.79 Å². The quantitative estimate of drug-likeness (QED) is 0.678. The van der Waals surface area contributed by atoms with Crippen molar-refractivity contribution in [1.29, 1.82) is 0 Å². The van der Waals surface area contributed by atoms with Crippen molar-refractivity contribution in [2.24, 2.45) is 10.7 Å². The number of amides is 1. The van der Waals surface area contributed by atoms with E-state index < -0.39 is 0 Å². The first kappa shape index (κ1) is 17.8. The predicted octanol–water partition coefficient (Wildman–Crippen LogP) is 3.00. The number of nitrogens with zero attached hydrogens (tertiary/aromatic N) is 3. The minimum absolute atomic E-state index is 0.152. The third kappa shape index (κ3) is 4.97. The van der Waals surface area contributed by atoms with E-state index in [0.29, 0.717) is 12.5 Å². The number of nitrogens with two attached hydrogens (primary N) is 1. The fourth-order valence-corrected chi connectivity index (χ4v) is 3.60. The Morgan fingerprint density at radius 3 is 1.96 bits per heavy atom. The van der Waals surface area contributed by atoms with Gasteiger partial charge in [-0.1, -0.05) is 25.0 Å². The van der Waals surface area contributed by atoms with Crippen LogP contribution in [0, 0.1) is 0 Å². The summed E-state index contributed by atoms with van der Waals surface area (Å²) in [5, 5.41) is 0. The van der Waals surface area contributed by atoms with Gasteiger partial charge < -0.3 is 15.5 Å². The maximum absolute atomic E-state index is 12.5. The molecule has 0 atom stereocenters. The van der Waals surface area contributed by atoms with Gasteiger partial charge in [-0.15, -0.1) is 0 Å². The van der Waals surface area contributed by atoms with Crippen molar-refractivity contribution in [3.8, 4) is 0 Å². The summed E-state index contributed by atoms with van der Waals surface area (Å²) < 4.78 is 0. The summed E-state index contributed by atoms with van der Waals surface area (Å²) in [6, 6.07) is 7.83. The van der Waals surface area contributed by atoms with Gasteiger partial charge in [0.05, 0.1) is 6.54 Å². The Hall–Kier alpha value is -2.04. The largest absolute Gasteiger partial charge is 0.370 e. The highest BCUT2D eigenvalue weighted by Gasteiger charge is 2.17. The van der Waals surface area contributed by atoms with Gasteiger partial charge in [0.2, 0.25) is 0 Å². The molecule has 2 N–H and O–H groups in total. The van der Waals surface area contributed by atoms with E-state index in [4.69, 9.17) is 5.73 Å². The first-order valence-corrected chi connectivity index (χ1v) is 9.67. The van der Waals surface area contributed by atoms with Crippen molar-refractivity contribution in [3.63, 3.8) is 0 Å². The zero-order valence-electron chi connectivity index (χ0n) is 15.1. The Balaban J connectivity index is 1.56. The first-order valence-electron chi connectivity index (χ1n) is 9.67. The van der Waals surface area contributed by atoms with Crippen molar-refractivity contribution in [2.45, 2.75) is 51.5 Å². The molecule has 2 fully saturated rings. The Labute approximate surface area is 150 Å². The van der Waals surface area contributed by atoms with E-state index in [1.807, 2.05) is 29.2 Å². The lowest BCUT2D eigenvalue weighted by molar-refractivity contribution is 0.0724. The molecule has 5 heteroatoms. The summed E-state index contributed by atoms with van der Waals surface area (Å²) in [6.45, 7) is 4.37. The van der Waals surface area contributed by atoms with Crippen LogP contribution in [0.25, 0.3) is 0 Å². The Kier molecular flexibility index (Phi) is 6.31. The van der Waals surface area contributed by atoms with Gasteiger partial charge in [0, 0.05) is 31.7 Å². The molecular formula is C20H30N4O. The molecule has 0 spiro atoms. The number of likely N-dealkylation sites (tertiary alicyclic amines) is 2. The Morgan fingerprint density at radius 1 is 0.840 bits per heavy atom. The number of rotatable bonds is 3. The summed E-state index contributed by atoms with van der Waals surface area (Å²) >= 11 is 0. The van der Waals surface area contributed by atoms with Crippen molar-refractivity contribution in [1.82, 2.24) is 9.80 Å². The van der Waals surface area contributed by atoms with Crippen molar-refractivity contribution in [2.75, 3.05) is 26.2 Å². The van der Waals surface area contributed by atoms with Crippen LogP contribution in [-0.2, 0) is 6.54 Å².